The Morgan fingerprint density at radius 1 is 1.56 bits per heavy atom. The zero-order valence-corrected chi connectivity index (χ0v) is 10.3. The van der Waals surface area contributed by atoms with E-state index in [-0.39, 0.29) is 5.91 Å². The average molecular weight is 240 g/mol. The maximum atomic E-state index is 11.9. The monoisotopic (exact) mass is 240 g/mol. The van der Waals surface area contributed by atoms with Crippen LogP contribution in [0.15, 0.2) is 16.5 Å². The van der Waals surface area contributed by atoms with Crippen molar-refractivity contribution in [1.82, 2.24) is 4.90 Å². The fraction of sp³-hybridized carbons (Fsp3) is 0.455. The molecule has 0 spiro atoms. The predicted molar refractivity (Wildman–Crippen MR) is 66.4 cm³/mol. The van der Waals surface area contributed by atoms with Crippen LogP contribution in [0.5, 0.6) is 0 Å². The standard InChI is InChI=1S/C11H16N2O2S/c1-3-13(7-6-10(12)16)11(14)9-5-4-8(2)15-9/h4-5H,3,6-7H2,1-2H3,(H2,12,16). The molecule has 0 aromatic carbocycles. The number of carbonyl (C=O) groups excluding carboxylic acids is 1. The van der Waals surface area contributed by atoms with E-state index in [1.54, 1.807) is 17.0 Å². The summed E-state index contributed by atoms with van der Waals surface area (Å²) >= 11 is 4.79. The first-order valence-electron chi connectivity index (χ1n) is 5.18. The minimum Gasteiger partial charge on any atom is -0.456 e. The fourth-order valence-electron chi connectivity index (χ4n) is 1.35. The summed E-state index contributed by atoms with van der Waals surface area (Å²) in [4.78, 5) is 14.0. The van der Waals surface area contributed by atoms with Crippen molar-refractivity contribution in [3.8, 4) is 0 Å². The Balaban J connectivity index is 2.66. The van der Waals surface area contributed by atoms with Crippen LogP contribution in [-0.4, -0.2) is 28.9 Å². The van der Waals surface area contributed by atoms with Gasteiger partial charge in [-0.15, -0.1) is 0 Å². The van der Waals surface area contributed by atoms with Crippen LogP contribution in [0.2, 0.25) is 0 Å². The van der Waals surface area contributed by atoms with Crippen molar-refractivity contribution in [3.05, 3.63) is 23.7 Å². The number of thiocarbonyl (C=S) groups is 1. The number of carbonyl (C=O) groups is 1. The van der Waals surface area contributed by atoms with E-state index in [2.05, 4.69) is 0 Å². The molecule has 0 atom stereocenters. The largest absolute Gasteiger partial charge is 0.456 e. The smallest absolute Gasteiger partial charge is 0.289 e. The highest BCUT2D eigenvalue weighted by molar-refractivity contribution is 7.80. The van der Waals surface area contributed by atoms with Crippen LogP contribution >= 0.6 is 12.2 Å². The van der Waals surface area contributed by atoms with Crippen LogP contribution in [0.3, 0.4) is 0 Å². The molecule has 1 amide bonds. The molecule has 4 nitrogen and oxygen atoms in total. The summed E-state index contributed by atoms with van der Waals surface area (Å²) in [6, 6.07) is 3.45. The molecular weight excluding hydrogens is 224 g/mol. The molecule has 1 rings (SSSR count). The molecule has 1 aromatic heterocycles. The molecule has 2 N–H and O–H groups in total. The van der Waals surface area contributed by atoms with E-state index in [1.807, 2.05) is 13.8 Å². The highest BCUT2D eigenvalue weighted by Crippen LogP contribution is 2.10. The molecule has 0 saturated carbocycles. The number of furan rings is 1. The summed E-state index contributed by atoms with van der Waals surface area (Å²) < 4.78 is 5.28. The molecule has 5 heteroatoms. The lowest BCUT2D eigenvalue weighted by molar-refractivity contribution is 0.0735. The number of hydrogen-bond acceptors (Lipinski definition) is 3. The van der Waals surface area contributed by atoms with Crippen molar-refractivity contribution in [2.45, 2.75) is 20.3 Å². The minimum absolute atomic E-state index is 0.119. The van der Waals surface area contributed by atoms with Gasteiger partial charge in [-0.1, -0.05) is 12.2 Å². The Morgan fingerprint density at radius 3 is 2.69 bits per heavy atom. The van der Waals surface area contributed by atoms with Gasteiger partial charge >= 0.3 is 0 Å². The molecule has 0 bridgehead atoms. The second kappa shape index (κ2) is 5.65. The fourth-order valence-corrected chi connectivity index (χ4v) is 1.45. The van der Waals surface area contributed by atoms with Crippen molar-refractivity contribution >= 4 is 23.1 Å². The molecule has 1 aromatic rings. The highest BCUT2D eigenvalue weighted by atomic mass is 32.1. The molecule has 1 heterocycles. The van der Waals surface area contributed by atoms with Crippen molar-refractivity contribution in [2.24, 2.45) is 5.73 Å². The summed E-state index contributed by atoms with van der Waals surface area (Å²) in [6.07, 6.45) is 0.536. The lowest BCUT2D eigenvalue weighted by atomic mass is 10.3. The average Bonchev–Trinajstić information content (AvgIpc) is 2.65. The van der Waals surface area contributed by atoms with Gasteiger partial charge < -0.3 is 15.1 Å². The molecule has 0 radical (unpaired) electrons. The van der Waals surface area contributed by atoms with Gasteiger partial charge in [-0.2, -0.15) is 0 Å². The summed E-state index contributed by atoms with van der Waals surface area (Å²) in [5.41, 5.74) is 5.41. The Labute approximate surface area is 100 Å². The van der Waals surface area contributed by atoms with Gasteiger partial charge in [-0.25, -0.2) is 0 Å². The van der Waals surface area contributed by atoms with Crippen LogP contribution in [0.4, 0.5) is 0 Å². The topological polar surface area (TPSA) is 59.5 Å². The van der Waals surface area contributed by atoms with Crippen molar-refractivity contribution in [3.63, 3.8) is 0 Å². The zero-order valence-electron chi connectivity index (χ0n) is 9.53. The predicted octanol–water partition coefficient (Wildman–Crippen LogP) is 1.73. The van der Waals surface area contributed by atoms with Gasteiger partial charge in [-0.3, -0.25) is 4.79 Å². The number of nitrogens with zero attached hydrogens (tertiary/aromatic N) is 1. The third-order valence-corrected chi connectivity index (χ3v) is 2.45. The van der Waals surface area contributed by atoms with E-state index in [0.29, 0.717) is 30.3 Å². The number of aryl methyl sites for hydroxylation is 1. The highest BCUT2D eigenvalue weighted by Gasteiger charge is 2.17. The van der Waals surface area contributed by atoms with E-state index in [9.17, 15) is 4.79 Å². The first kappa shape index (κ1) is 12.7. The summed E-state index contributed by atoms with van der Waals surface area (Å²) in [5, 5.41) is 0. The van der Waals surface area contributed by atoms with E-state index in [4.69, 9.17) is 22.4 Å². The van der Waals surface area contributed by atoms with Gasteiger partial charge in [0.15, 0.2) is 5.76 Å². The Hall–Kier alpha value is -1.36. The lowest BCUT2D eigenvalue weighted by Gasteiger charge is -2.19. The Bertz CT molecular complexity index is 387. The van der Waals surface area contributed by atoms with E-state index in [1.165, 1.54) is 0 Å². The first-order valence-corrected chi connectivity index (χ1v) is 5.59. The van der Waals surface area contributed by atoms with Gasteiger partial charge in [0.2, 0.25) is 0 Å². The van der Waals surface area contributed by atoms with Crippen molar-refractivity contribution in [1.29, 1.82) is 0 Å². The van der Waals surface area contributed by atoms with Crippen LogP contribution in [0.1, 0.15) is 29.7 Å². The zero-order chi connectivity index (χ0) is 12.1. The van der Waals surface area contributed by atoms with Gasteiger partial charge in [0.25, 0.3) is 5.91 Å². The number of amides is 1. The van der Waals surface area contributed by atoms with E-state index in [0.717, 1.165) is 5.76 Å². The third-order valence-electron chi connectivity index (χ3n) is 2.25. The number of hydrogen-bond donors (Lipinski definition) is 1. The molecule has 0 saturated heterocycles. The molecular formula is C11H16N2O2S. The quantitative estimate of drug-likeness (QED) is 0.796. The molecule has 16 heavy (non-hydrogen) atoms. The van der Waals surface area contributed by atoms with Crippen molar-refractivity contribution in [2.75, 3.05) is 13.1 Å². The SMILES string of the molecule is CCN(CCC(N)=S)C(=O)c1ccc(C)o1. The molecule has 0 fully saturated rings. The normalized spacial score (nSPS) is 10.1. The number of rotatable bonds is 5. The van der Waals surface area contributed by atoms with Gasteiger partial charge in [0.1, 0.15) is 5.76 Å². The lowest BCUT2D eigenvalue weighted by Crippen LogP contribution is -2.33. The maximum absolute atomic E-state index is 11.9. The van der Waals surface area contributed by atoms with Crippen LogP contribution < -0.4 is 5.73 Å². The molecule has 0 aliphatic carbocycles. The van der Waals surface area contributed by atoms with Gasteiger partial charge in [0, 0.05) is 19.5 Å². The second-order valence-corrected chi connectivity index (χ2v) is 4.04. The molecule has 0 unspecified atom stereocenters. The van der Waals surface area contributed by atoms with Crippen molar-refractivity contribution < 1.29 is 9.21 Å². The minimum atomic E-state index is -0.119. The molecule has 88 valence electrons. The van der Waals surface area contributed by atoms with E-state index < -0.39 is 0 Å². The summed E-state index contributed by atoms with van der Waals surface area (Å²) in [5.74, 6) is 0.975. The van der Waals surface area contributed by atoms with Crippen LogP contribution in [0, 0.1) is 6.92 Å². The van der Waals surface area contributed by atoms with Gasteiger partial charge in [0.05, 0.1) is 4.99 Å². The second-order valence-electron chi connectivity index (χ2n) is 3.51. The number of nitrogens with two attached hydrogens (primary N) is 1. The Morgan fingerprint density at radius 2 is 2.25 bits per heavy atom. The van der Waals surface area contributed by atoms with Gasteiger partial charge in [-0.05, 0) is 26.0 Å². The first-order chi connectivity index (χ1) is 7.54. The molecule has 0 aliphatic rings. The Kier molecular flexibility index (Phi) is 4.49. The van der Waals surface area contributed by atoms with Crippen LogP contribution in [-0.2, 0) is 0 Å². The molecule has 0 aliphatic heterocycles. The van der Waals surface area contributed by atoms with E-state index >= 15 is 0 Å². The summed E-state index contributed by atoms with van der Waals surface area (Å²) in [6.45, 7) is 4.86. The van der Waals surface area contributed by atoms with Crippen LogP contribution in [0.25, 0.3) is 0 Å². The maximum Gasteiger partial charge on any atom is 0.289 e. The summed E-state index contributed by atoms with van der Waals surface area (Å²) in [7, 11) is 0. The third kappa shape index (κ3) is 3.34.